The second-order valence-electron chi connectivity index (χ2n) is 6.30. The monoisotopic (exact) mass is 349 g/mol. The average molecular weight is 349 g/mol. The van der Waals surface area contributed by atoms with Gasteiger partial charge in [-0.15, -0.1) is 0 Å². The zero-order valence-corrected chi connectivity index (χ0v) is 14.3. The summed E-state index contributed by atoms with van der Waals surface area (Å²) in [5.41, 5.74) is 1.78. The van der Waals surface area contributed by atoms with Crippen molar-refractivity contribution in [1.82, 2.24) is 24.8 Å². The Balaban J connectivity index is 1.41. The summed E-state index contributed by atoms with van der Waals surface area (Å²) in [5, 5.41) is 0.806. The number of hydrogen-bond acceptors (Lipinski definition) is 6. The van der Waals surface area contributed by atoms with Gasteiger partial charge in [0.05, 0.1) is 10.9 Å². The Kier molecular flexibility index (Phi) is 4.68. The second-order valence-corrected chi connectivity index (χ2v) is 6.30. The number of hydrogen-bond donors (Lipinski definition) is 0. The van der Waals surface area contributed by atoms with Crippen molar-refractivity contribution >= 4 is 16.8 Å². The zero-order valence-electron chi connectivity index (χ0n) is 14.3. The van der Waals surface area contributed by atoms with E-state index in [2.05, 4.69) is 19.9 Å². The van der Waals surface area contributed by atoms with Crippen LogP contribution in [-0.2, 0) is 4.79 Å². The van der Waals surface area contributed by atoms with Crippen LogP contribution in [0.5, 0.6) is 5.88 Å². The van der Waals surface area contributed by atoms with Crippen LogP contribution in [-0.4, -0.2) is 50.4 Å². The molecule has 0 radical (unpaired) electrons. The molecule has 0 unspecified atom stereocenters. The Morgan fingerprint density at radius 1 is 1.15 bits per heavy atom. The third-order valence-corrected chi connectivity index (χ3v) is 4.64. The molecule has 1 fully saturated rings. The zero-order chi connectivity index (χ0) is 17.8. The lowest BCUT2D eigenvalue weighted by Crippen LogP contribution is -2.41. The van der Waals surface area contributed by atoms with Crippen molar-refractivity contribution in [2.45, 2.75) is 18.8 Å². The number of carbonyl (C=O) groups excluding carboxylic acids is 1. The molecule has 0 N–H and O–H groups in total. The molecule has 1 aliphatic heterocycles. The summed E-state index contributed by atoms with van der Waals surface area (Å²) in [6, 6.07) is 9.51. The van der Waals surface area contributed by atoms with Crippen molar-refractivity contribution in [3.05, 3.63) is 54.9 Å². The second kappa shape index (κ2) is 7.43. The highest BCUT2D eigenvalue weighted by atomic mass is 16.5. The number of likely N-dealkylation sites (tertiary alicyclic amines) is 1. The predicted octanol–water partition coefficient (Wildman–Crippen LogP) is 2.20. The standard InChI is InChI=1S/C19H19N5O2/c25-18(11-26-19-15-5-1-2-6-17(15)22-13-23-19)24-9-3-4-14(10-24)16-7-8-20-12-21-16/h1-2,5-8,12-14H,3-4,9-11H2/t14-/m1/s1. The minimum atomic E-state index is -0.0357. The third kappa shape index (κ3) is 3.46. The van der Waals surface area contributed by atoms with Crippen LogP contribution in [0.4, 0.5) is 0 Å². The summed E-state index contributed by atoms with van der Waals surface area (Å²) in [4.78, 5) is 31.1. The number of piperidine rings is 1. The molecular formula is C19H19N5O2. The minimum absolute atomic E-state index is 0.0303. The Hall–Kier alpha value is -3.09. The third-order valence-electron chi connectivity index (χ3n) is 4.64. The number of rotatable bonds is 4. The number of ether oxygens (including phenoxy) is 1. The molecule has 7 heteroatoms. The minimum Gasteiger partial charge on any atom is -0.467 e. The van der Waals surface area contributed by atoms with Gasteiger partial charge in [0.2, 0.25) is 5.88 Å². The first-order valence-corrected chi connectivity index (χ1v) is 8.67. The van der Waals surface area contributed by atoms with Gasteiger partial charge in [-0.1, -0.05) is 12.1 Å². The lowest BCUT2D eigenvalue weighted by atomic mass is 9.94. The maximum atomic E-state index is 12.6. The predicted molar refractivity (Wildman–Crippen MR) is 95.6 cm³/mol. The van der Waals surface area contributed by atoms with E-state index in [-0.39, 0.29) is 18.4 Å². The van der Waals surface area contributed by atoms with Crippen molar-refractivity contribution in [1.29, 1.82) is 0 Å². The topological polar surface area (TPSA) is 81.1 Å². The largest absolute Gasteiger partial charge is 0.467 e. The molecule has 26 heavy (non-hydrogen) atoms. The van der Waals surface area contributed by atoms with Gasteiger partial charge in [0.15, 0.2) is 6.61 Å². The normalized spacial score (nSPS) is 17.2. The smallest absolute Gasteiger partial charge is 0.260 e. The van der Waals surface area contributed by atoms with Crippen LogP contribution in [0, 0.1) is 0 Å². The van der Waals surface area contributed by atoms with Gasteiger partial charge < -0.3 is 9.64 Å². The van der Waals surface area contributed by atoms with E-state index in [1.54, 1.807) is 12.5 Å². The summed E-state index contributed by atoms with van der Waals surface area (Å²) in [6.07, 6.45) is 6.73. The van der Waals surface area contributed by atoms with Gasteiger partial charge >= 0.3 is 0 Å². The highest BCUT2D eigenvalue weighted by molar-refractivity contribution is 5.84. The summed E-state index contributed by atoms with van der Waals surface area (Å²) >= 11 is 0. The highest BCUT2D eigenvalue weighted by Gasteiger charge is 2.25. The molecule has 0 bridgehead atoms. The lowest BCUT2D eigenvalue weighted by molar-refractivity contribution is -0.134. The quantitative estimate of drug-likeness (QED) is 0.718. The molecule has 3 heterocycles. The van der Waals surface area contributed by atoms with E-state index in [4.69, 9.17) is 4.74 Å². The van der Waals surface area contributed by atoms with E-state index in [1.807, 2.05) is 35.2 Å². The Morgan fingerprint density at radius 3 is 2.96 bits per heavy atom. The van der Waals surface area contributed by atoms with Crippen LogP contribution >= 0.6 is 0 Å². The van der Waals surface area contributed by atoms with Gasteiger partial charge in [0.25, 0.3) is 5.91 Å². The van der Waals surface area contributed by atoms with E-state index < -0.39 is 0 Å². The first-order chi connectivity index (χ1) is 12.8. The number of fused-ring (bicyclic) bond motifs is 1. The molecule has 1 aliphatic rings. The van der Waals surface area contributed by atoms with Crippen molar-refractivity contribution < 1.29 is 9.53 Å². The van der Waals surface area contributed by atoms with Crippen molar-refractivity contribution in [2.24, 2.45) is 0 Å². The fraction of sp³-hybridized carbons (Fsp3) is 0.316. The summed E-state index contributed by atoms with van der Waals surface area (Å²) in [5.74, 6) is 0.648. The first kappa shape index (κ1) is 16.4. The maximum absolute atomic E-state index is 12.6. The summed E-state index contributed by atoms with van der Waals surface area (Å²) in [7, 11) is 0. The van der Waals surface area contributed by atoms with Crippen LogP contribution in [0.3, 0.4) is 0 Å². The molecule has 0 saturated carbocycles. The van der Waals surface area contributed by atoms with Crippen molar-refractivity contribution in [2.75, 3.05) is 19.7 Å². The molecular weight excluding hydrogens is 330 g/mol. The molecule has 1 aromatic carbocycles. The number of aromatic nitrogens is 4. The molecule has 3 aromatic rings. The SMILES string of the molecule is O=C(COc1ncnc2ccccc12)N1CCC[C@@H](c2ccncn2)C1. The maximum Gasteiger partial charge on any atom is 0.260 e. The van der Waals surface area contributed by atoms with Crippen LogP contribution in [0.2, 0.25) is 0 Å². The number of benzene rings is 1. The number of nitrogens with zero attached hydrogens (tertiary/aromatic N) is 5. The fourth-order valence-corrected chi connectivity index (χ4v) is 3.30. The van der Waals surface area contributed by atoms with Gasteiger partial charge in [0, 0.05) is 30.9 Å². The average Bonchev–Trinajstić information content (AvgIpc) is 2.72. The molecule has 0 aliphatic carbocycles. The Labute approximate surface area is 151 Å². The van der Waals surface area contributed by atoms with Gasteiger partial charge in [-0.3, -0.25) is 4.79 Å². The highest BCUT2D eigenvalue weighted by Crippen LogP contribution is 2.25. The number of carbonyl (C=O) groups is 1. The van der Waals surface area contributed by atoms with Crippen LogP contribution in [0.15, 0.2) is 49.2 Å². The van der Waals surface area contributed by atoms with E-state index in [1.165, 1.54) is 6.33 Å². The number of amides is 1. The fourth-order valence-electron chi connectivity index (χ4n) is 3.30. The Bertz CT molecular complexity index is 897. The van der Waals surface area contributed by atoms with Gasteiger partial charge in [0.1, 0.15) is 12.7 Å². The Morgan fingerprint density at radius 2 is 2.08 bits per heavy atom. The molecule has 1 amide bonds. The van der Waals surface area contributed by atoms with Gasteiger partial charge in [-0.2, -0.15) is 0 Å². The molecule has 0 spiro atoms. The van der Waals surface area contributed by atoms with E-state index >= 15 is 0 Å². The molecule has 2 aromatic heterocycles. The van der Waals surface area contributed by atoms with Crippen molar-refractivity contribution in [3.8, 4) is 5.88 Å². The van der Waals surface area contributed by atoms with E-state index in [0.29, 0.717) is 12.4 Å². The molecule has 4 rings (SSSR count). The first-order valence-electron chi connectivity index (χ1n) is 8.67. The molecule has 132 valence electrons. The van der Waals surface area contributed by atoms with E-state index in [0.717, 1.165) is 36.0 Å². The number of para-hydroxylation sites is 1. The van der Waals surface area contributed by atoms with Crippen molar-refractivity contribution in [3.63, 3.8) is 0 Å². The van der Waals surface area contributed by atoms with Crippen LogP contribution in [0.25, 0.3) is 10.9 Å². The van der Waals surface area contributed by atoms with E-state index in [9.17, 15) is 4.79 Å². The molecule has 7 nitrogen and oxygen atoms in total. The van der Waals surface area contributed by atoms with Crippen LogP contribution in [0.1, 0.15) is 24.5 Å². The van der Waals surface area contributed by atoms with Crippen LogP contribution < -0.4 is 4.74 Å². The lowest BCUT2D eigenvalue weighted by Gasteiger charge is -2.32. The summed E-state index contributed by atoms with van der Waals surface area (Å²) < 4.78 is 5.71. The van der Waals surface area contributed by atoms with Gasteiger partial charge in [-0.05, 0) is 31.0 Å². The summed E-state index contributed by atoms with van der Waals surface area (Å²) in [6.45, 7) is 1.37. The van der Waals surface area contributed by atoms with Gasteiger partial charge in [-0.25, -0.2) is 19.9 Å². The molecule has 1 atom stereocenters. The molecule has 1 saturated heterocycles.